The van der Waals surface area contributed by atoms with Crippen LogP contribution in [-0.2, 0) is 4.74 Å². The molecule has 0 saturated carbocycles. The van der Waals surface area contributed by atoms with Crippen molar-refractivity contribution in [3.05, 3.63) is 41.0 Å². The summed E-state index contributed by atoms with van der Waals surface area (Å²) in [6.07, 6.45) is 1.85. The minimum Gasteiger partial charge on any atom is -0.494 e. The number of para-hydroxylation sites is 1. The molecule has 2 aromatic heterocycles. The summed E-state index contributed by atoms with van der Waals surface area (Å²) in [6, 6.07) is 6.88. The third kappa shape index (κ3) is 6.07. The monoisotopic (exact) mass is 533 g/mol. The Morgan fingerprint density at radius 3 is 2.50 bits per heavy atom. The molecule has 0 radical (unpaired) electrons. The van der Waals surface area contributed by atoms with Gasteiger partial charge in [-0.15, -0.1) is 21.5 Å². The van der Waals surface area contributed by atoms with Crippen molar-refractivity contribution in [1.29, 1.82) is 0 Å². The summed E-state index contributed by atoms with van der Waals surface area (Å²) in [7, 11) is 8.29. The van der Waals surface area contributed by atoms with E-state index < -0.39 is 17.2 Å². The normalized spacial score (nSPS) is 12.7. The number of nitrogens with one attached hydrogen (secondary N) is 3. The van der Waals surface area contributed by atoms with Crippen molar-refractivity contribution in [2.45, 2.75) is 11.7 Å². The molecule has 194 valence electrons. The van der Waals surface area contributed by atoms with Crippen LogP contribution in [0.2, 0.25) is 0 Å². The van der Waals surface area contributed by atoms with Crippen molar-refractivity contribution < 1.29 is 23.9 Å². The van der Waals surface area contributed by atoms with E-state index in [-0.39, 0.29) is 23.1 Å². The third-order valence-corrected chi connectivity index (χ3v) is 6.51. The molecule has 1 aliphatic heterocycles. The van der Waals surface area contributed by atoms with E-state index in [0.717, 1.165) is 19.5 Å². The van der Waals surface area contributed by atoms with Gasteiger partial charge in [0.15, 0.2) is 17.3 Å². The van der Waals surface area contributed by atoms with Crippen molar-refractivity contribution >= 4 is 70.0 Å². The van der Waals surface area contributed by atoms with Gasteiger partial charge in [-0.1, -0.05) is 6.07 Å². The molecule has 3 heterocycles. The SMILES string of the molecule is BC(B)(B)NC(=O)c1nnc(NC(=O)OC)cc1Nc1cccc(-c2ncc(C(=O)N3CCC3)s2)c1OC. The fourth-order valence-corrected chi connectivity index (χ4v) is 4.52. The molecule has 1 saturated heterocycles. The Morgan fingerprint density at radius 2 is 1.87 bits per heavy atom. The predicted molar refractivity (Wildman–Crippen MR) is 152 cm³/mol. The zero-order valence-electron chi connectivity index (χ0n) is 21.7. The maximum atomic E-state index is 13.0. The lowest BCUT2D eigenvalue weighted by Crippen LogP contribution is -2.50. The predicted octanol–water partition coefficient (Wildman–Crippen LogP) is -0.383. The molecular formula is C22H26B3N7O5S. The second kappa shape index (κ2) is 11.1. The van der Waals surface area contributed by atoms with E-state index in [1.807, 2.05) is 29.6 Å². The van der Waals surface area contributed by atoms with Crippen LogP contribution in [0.5, 0.6) is 5.75 Å². The minimum absolute atomic E-state index is 0.0134. The third-order valence-electron chi connectivity index (χ3n) is 5.49. The first-order chi connectivity index (χ1) is 18.1. The van der Waals surface area contributed by atoms with Gasteiger partial charge in [0, 0.05) is 19.2 Å². The number of hydrogen-bond acceptors (Lipinski definition) is 10. The van der Waals surface area contributed by atoms with Crippen molar-refractivity contribution in [2.75, 3.05) is 37.9 Å². The summed E-state index contributed by atoms with van der Waals surface area (Å²) in [6.45, 7) is 1.51. The zero-order chi connectivity index (χ0) is 27.4. The number of benzene rings is 1. The largest absolute Gasteiger partial charge is 0.494 e. The van der Waals surface area contributed by atoms with Gasteiger partial charge in [0.2, 0.25) is 0 Å². The van der Waals surface area contributed by atoms with E-state index in [1.165, 1.54) is 31.6 Å². The number of anilines is 3. The summed E-state index contributed by atoms with van der Waals surface area (Å²) in [4.78, 5) is 44.2. The number of nitrogens with zero attached hydrogens (tertiary/aromatic N) is 4. The Hall–Kier alpha value is -4.07. The Morgan fingerprint density at radius 1 is 1.11 bits per heavy atom. The van der Waals surface area contributed by atoms with E-state index in [0.29, 0.717) is 26.9 Å². The topological polar surface area (TPSA) is 148 Å². The second-order valence-electron chi connectivity index (χ2n) is 9.50. The van der Waals surface area contributed by atoms with Crippen LogP contribution in [0.3, 0.4) is 0 Å². The van der Waals surface area contributed by atoms with E-state index in [4.69, 9.17) is 4.74 Å². The summed E-state index contributed by atoms with van der Waals surface area (Å²) in [5, 5.41) is 16.6. The lowest BCUT2D eigenvalue weighted by Gasteiger charge is -2.30. The quantitative estimate of drug-likeness (QED) is 0.330. The smallest absolute Gasteiger partial charge is 0.412 e. The van der Waals surface area contributed by atoms with Crippen LogP contribution in [0.1, 0.15) is 26.6 Å². The van der Waals surface area contributed by atoms with Crippen molar-refractivity contribution in [1.82, 2.24) is 25.4 Å². The number of carbonyl (C=O) groups is 3. The van der Waals surface area contributed by atoms with E-state index in [2.05, 4.69) is 35.9 Å². The number of amides is 3. The summed E-state index contributed by atoms with van der Waals surface area (Å²) in [5.74, 6) is 0.0414. The van der Waals surface area contributed by atoms with Gasteiger partial charge >= 0.3 is 6.09 Å². The van der Waals surface area contributed by atoms with Gasteiger partial charge in [-0.05, 0) is 23.8 Å². The van der Waals surface area contributed by atoms with Gasteiger partial charge in [0.25, 0.3) is 11.8 Å². The number of rotatable bonds is 8. The standard InChI is InChI=1S/C22H26B3N7O5S/c1-36-17-11(19-26-10-14(38-19)20(34)32-7-4-8-32)5-3-6-12(17)27-13-9-15(28-21(35)37-2)30-31-16(13)18(33)29-22(23,24)25/h3,5-6,9-10H,4,7-8,23-25H2,1-2H3,(H,29,33)(H2,27,28,30,35). The fourth-order valence-electron chi connectivity index (χ4n) is 3.61. The van der Waals surface area contributed by atoms with Crippen LogP contribution < -0.4 is 20.7 Å². The molecule has 1 aliphatic rings. The molecule has 0 unspecified atom stereocenters. The summed E-state index contributed by atoms with van der Waals surface area (Å²) in [5.41, 5.74) is 1.47. The highest BCUT2D eigenvalue weighted by Gasteiger charge is 2.25. The zero-order valence-corrected chi connectivity index (χ0v) is 22.6. The van der Waals surface area contributed by atoms with Gasteiger partial charge in [0.05, 0.1) is 37.4 Å². The molecule has 0 aliphatic carbocycles. The highest BCUT2D eigenvalue weighted by Crippen LogP contribution is 2.40. The second-order valence-corrected chi connectivity index (χ2v) is 10.5. The van der Waals surface area contributed by atoms with Crippen LogP contribution in [0, 0.1) is 0 Å². The van der Waals surface area contributed by atoms with Gasteiger partial charge in [-0.25, -0.2) is 9.78 Å². The molecule has 1 fully saturated rings. The number of hydrogen-bond donors (Lipinski definition) is 3. The van der Waals surface area contributed by atoms with Gasteiger partial charge < -0.3 is 25.0 Å². The molecule has 3 aromatic rings. The average Bonchev–Trinajstić information content (AvgIpc) is 3.32. The van der Waals surface area contributed by atoms with Gasteiger partial charge in [-0.2, -0.15) is 0 Å². The molecule has 3 amide bonds. The molecule has 3 N–H and O–H groups in total. The molecule has 4 rings (SSSR count). The number of methoxy groups -OCH3 is 2. The highest BCUT2D eigenvalue weighted by atomic mass is 32.1. The minimum atomic E-state index is -0.732. The number of thiazole rings is 1. The van der Waals surface area contributed by atoms with Crippen LogP contribution in [0.25, 0.3) is 10.6 Å². The Labute approximate surface area is 226 Å². The van der Waals surface area contributed by atoms with E-state index >= 15 is 0 Å². The highest BCUT2D eigenvalue weighted by molar-refractivity contribution is 7.17. The van der Waals surface area contributed by atoms with Crippen LogP contribution in [0.4, 0.5) is 22.0 Å². The molecule has 0 spiro atoms. The number of ether oxygens (including phenoxy) is 2. The maximum Gasteiger partial charge on any atom is 0.412 e. The molecule has 1 aromatic carbocycles. The molecule has 0 bridgehead atoms. The molecule has 16 heteroatoms. The maximum absolute atomic E-state index is 13.0. The van der Waals surface area contributed by atoms with E-state index in [1.54, 1.807) is 23.2 Å². The van der Waals surface area contributed by atoms with Crippen molar-refractivity contribution in [2.24, 2.45) is 0 Å². The molecule has 38 heavy (non-hydrogen) atoms. The van der Waals surface area contributed by atoms with Crippen LogP contribution in [-0.4, -0.2) is 94.1 Å². The Bertz CT molecular complexity index is 1380. The van der Waals surface area contributed by atoms with Gasteiger partial charge in [-0.3, -0.25) is 14.9 Å². The first kappa shape index (κ1) is 27.0. The number of likely N-dealkylation sites (tertiary alicyclic amines) is 1. The van der Waals surface area contributed by atoms with Crippen molar-refractivity contribution in [3.8, 4) is 16.3 Å². The average molecular weight is 533 g/mol. The van der Waals surface area contributed by atoms with Crippen LogP contribution in [0.15, 0.2) is 30.5 Å². The van der Waals surface area contributed by atoms with Gasteiger partial charge in [0.1, 0.15) is 33.4 Å². The number of aromatic nitrogens is 3. The fraction of sp³-hybridized carbons (Fsp3) is 0.273. The summed E-state index contributed by atoms with van der Waals surface area (Å²) < 4.78 is 10.4. The number of carbonyl (C=O) groups excluding carboxylic acids is 3. The first-order valence-corrected chi connectivity index (χ1v) is 12.7. The van der Waals surface area contributed by atoms with Crippen molar-refractivity contribution in [3.63, 3.8) is 0 Å². The van der Waals surface area contributed by atoms with E-state index in [9.17, 15) is 14.4 Å². The van der Waals surface area contributed by atoms with Crippen LogP contribution >= 0.6 is 11.3 Å². The first-order valence-electron chi connectivity index (χ1n) is 11.8. The lowest BCUT2D eigenvalue weighted by molar-refractivity contribution is 0.0656. The Balaban J connectivity index is 1.70. The molecule has 0 atom stereocenters. The molecular weight excluding hydrogens is 507 g/mol. The lowest BCUT2D eigenvalue weighted by atomic mass is 9.49. The Kier molecular flexibility index (Phi) is 7.90. The summed E-state index contributed by atoms with van der Waals surface area (Å²) >= 11 is 1.28. The molecule has 12 nitrogen and oxygen atoms in total.